The number of ether oxygens (including phenoxy) is 1. The summed E-state index contributed by atoms with van der Waals surface area (Å²) in [6, 6.07) is 11.2. The summed E-state index contributed by atoms with van der Waals surface area (Å²) in [7, 11) is 1.60. The predicted octanol–water partition coefficient (Wildman–Crippen LogP) is 4.31. The molecule has 0 amide bonds. The molecule has 0 aliphatic carbocycles. The van der Waals surface area contributed by atoms with Crippen LogP contribution in [0.5, 0.6) is 5.75 Å². The van der Waals surface area contributed by atoms with E-state index in [1.807, 2.05) is 32.0 Å². The number of ketones is 1. The molecule has 2 aromatic rings. The number of halogens is 1. The maximum atomic E-state index is 12.5. The molecule has 0 N–H and O–H groups in total. The van der Waals surface area contributed by atoms with Crippen molar-refractivity contribution in [3.63, 3.8) is 0 Å². The van der Waals surface area contributed by atoms with E-state index in [-0.39, 0.29) is 5.78 Å². The highest BCUT2D eigenvalue weighted by atomic mass is 79.9. The van der Waals surface area contributed by atoms with Gasteiger partial charge in [-0.1, -0.05) is 23.8 Å². The highest BCUT2D eigenvalue weighted by Gasteiger charge is 2.13. The lowest BCUT2D eigenvalue weighted by Crippen LogP contribution is -2.04. The van der Waals surface area contributed by atoms with E-state index in [1.165, 1.54) is 0 Å². The molecule has 0 aromatic heterocycles. The van der Waals surface area contributed by atoms with Crippen molar-refractivity contribution in [3.05, 3.63) is 63.1 Å². The molecule has 0 unspecified atom stereocenters. The molecule has 98 valence electrons. The fourth-order valence-electron chi connectivity index (χ4n) is 2.03. The Morgan fingerprint density at radius 2 is 1.84 bits per heavy atom. The van der Waals surface area contributed by atoms with E-state index in [9.17, 15) is 4.79 Å². The van der Waals surface area contributed by atoms with Gasteiger partial charge in [-0.25, -0.2) is 0 Å². The van der Waals surface area contributed by atoms with Crippen LogP contribution in [0.15, 0.2) is 40.9 Å². The van der Waals surface area contributed by atoms with Gasteiger partial charge in [0.05, 0.1) is 11.6 Å². The Bertz CT molecular complexity index is 633. The first-order valence-corrected chi connectivity index (χ1v) is 6.77. The van der Waals surface area contributed by atoms with Crippen molar-refractivity contribution >= 4 is 21.7 Å². The predicted molar refractivity (Wildman–Crippen MR) is 80.0 cm³/mol. The Hall–Kier alpha value is -1.61. The fourth-order valence-corrected chi connectivity index (χ4v) is 2.57. The van der Waals surface area contributed by atoms with E-state index >= 15 is 0 Å². The molecule has 0 fully saturated rings. The largest absolute Gasteiger partial charge is 0.496 e. The van der Waals surface area contributed by atoms with Gasteiger partial charge in [0, 0.05) is 11.1 Å². The van der Waals surface area contributed by atoms with Crippen LogP contribution in [-0.4, -0.2) is 12.9 Å². The normalized spacial score (nSPS) is 10.3. The second kappa shape index (κ2) is 5.57. The molecule has 2 aromatic carbocycles. The molecule has 0 radical (unpaired) electrons. The number of rotatable bonds is 3. The maximum absolute atomic E-state index is 12.5. The van der Waals surface area contributed by atoms with Crippen molar-refractivity contribution in [3.8, 4) is 5.75 Å². The van der Waals surface area contributed by atoms with Crippen LogP contribution in [-0.2, 0) is 0 Å². The summed E-state index contributed by atoms with van der Waals surface area (Å²) in [6.07, 6.45) is 0. The van der Waals surface area contributed by atoms with Gasteiger partial charge < -0.3 is 4.74 Å². The molecule has 2 rings (SSSR count). The third-order valence-corrected chi connectivity index (χ3v) is 3.66. The molecule has 0 aliphatic rings. The molecule has 19 heavy (non-hydrogen) atoms. The molecule has 0 aliphatic heterocycles. The SMILES string of the molecule is COc1ccc(C(=O)c2ccc(C)cc2C)cc1Br. The summed E-state index contributed by atoms with van der Waals surface area (Å²) in [5.74, 6) is 0.748. The summed E-state index contributed by atoms with van der Waals surface area (Å²) >= 11 is 3.40. The van der Waals surface area contributed by atoms with Crippen molar-refractivity contribution in [2.24, 2.45) is 0 Å². The van der Waals surface area contributed by atoms with Gasteiger partial charge in [0.2, 0.25) is 0 Å². The van der Waals surface area contributed by atoms with Crippen LogP contribution >= 0.6 is 15.9 Å². The summed E-state index contributed by atoms with van der Waals surface area (Å²) in [6.45, 7) is 3.98. The lowest BCUT2D eigenvalue weighted by Gasteiger charge is -2.08. The molecule has 2 nitrogen and oxygen atoms in total. The molecule has 0 heterocycles. The van der Waals surface area contributed by atoms with Crippen molar-refractivity contribution in [1.82, 2.24) is 0 Å². The van der Waals surface area contributed by atoms with Crippen LogP contribution in [0.2, 0.25) is 0 Å². The molecular formula is C16H15BrO2. The highest BCUT2D eigenvalue weighted by Crippen LogP contribution is 2.27. The first-order chi connectivity index (χ1) is 9.02. The number of methoxy groups -OCH3 is 1. The number of hydrogen-bond acceptors (Lipinski definition) is 2. The summed E-state index contributed by atoms with van der Waals surface area (Å²) in [4.78, 5) is 12.5. The molecular weight excluding hydrogens is 304 g/mol. The van der Waals surface area contributed by atoms with Crippen LogP contribution < -0.4 is 4.74 Å². The van der Waals surface area contributed by atoms with Crippen LogP contribution in [0.25, 0.3) is 0 Å². The van der Waals surface area contributed by atoms with Gasteiger partial charge in [0.15, 0.2) is 5.78 Å². The topological polar surface area (TPSA) is 26.3 Å². The summed E-state index contributed by atoms with van der Waals surface area (Å²) in [5, 5.41) is 0. The van der Waals surface area contributed by atoms with Crippen LogP contribution in [0.3, 0.4) is 0 Å². The molecule has 0 saturated heterocycles. The molecule has 0 saturated carbocycles. The van der Waals surface area contributed by atoms with Crippen LogP contribution in [0.4, 0.5) is 0 Å². The zero-order valence-electron chi connectivity index (χ0n) is 11.2. The summed E-state index contributed by atoms with van der Waals surface area (Å²) in [5.41, 5.74) is 3.55. The van der Waals surface area contributed by atoms with Gasteiger partial charge in [0.25, 0.3) is 0 Å². The minimum atomic E-state index is 0.0286. The Morgan fingerprint density at radius 1 is 1.11 bits per heavy atom. The smallest absolute Gasteiger partial charge is 0.193 e. The van der Waals surface area contributed by atoms with Gasteiger partial charge in [-0.15, -0.1) is 0 Å². The van der Waals surface area contributed by atoms with E-state index in [0.29, 0.717) is 5.56 Å². The highest BCUT2D eigenvalue weighted by molar-refractivity contribution is 9.10. The third kappa shape index (κ3) is 2.87. The quantitative estimate of drug-likeness (QED) is 0.788. The van der Waals surface area contributed by atoms with Gasteiger partial charge in [-0.2, -0.15) is 0 Å². The van der Waals surface area contributed by atoms with Crippen LogP contribution in [0, 0.1) is 13.8 Å². The maximum Gasteiger partial charge on any atom is 0.193 e. The molecule has 0 atom stereocenters. The van der Waals surface area contributed by atoms with E-state index in [1.54, 1.807) is 25.3 Å². The van der Waals surface area contributed by atoms with Gasteiger partial charge in [-0.05, 0) is 53.5 Å². The zero-order chi connectivity index (χ0) is 14.0. The average Bonchev–Trinajstić information content (AvgIpc) is 2.38. The van der Waals surface area contributed by atoms with Gasteiger partial charge in [-0.3, -0.25) is 4.79 Å². The number of aryl methyl sites for hydroxylation is 2. The Kier molecular flexibility index (Phi) is 4.05. The first kappa shape index (κ1) is 13.8. The van der Waals surface area contributed by atoms with Gasteiger partial charge in [0.1, 0.15) is 5.75 Å². The lowest BCUT2D eigenvalue weighted by molar-refractivity contribution is 0.103. The Labute approximate surface area is 121 Å². The van der Waals surface area contributed by atoms with Crippen molar-refractivity contribution in [2.75, 3.05) is 7.11 Å². The van der Waals surface area contributed by atoms with Crippen molar-refractivity contribution in [2.45, 2.75) is 13.8 Å². The van der Waals surface area contributed by atoms with Crippen molar-refractivity contribution < 1.29 is 9.53 Å². The van der Waals surface area contributed by atoms with E-state index in [0.717, 1.165) is 26.9 Å². The minimum Gasteiger partial charge on any atom is -0.496 e. The van der Waals surface area contributed by atoms with Gasteiger partial charge >= 0.3 is 0 Å². The monoisotopic (exact) mass is 318 g/mol. The number of carbonyl (C=O) groups excluding carboxylic acids is 1. The average molecular weight is 319 g/mol. The second-order valence-corrected chi connectivity index (χ2v) is 5.35. The first-order valence-electron chi connectivity index (χ1n) is 5.98. The summed E-state index contributed by atoms with van der Waals surface area (Å²) < 4.78 is 5.95. The third-order valence-electron chi connectivity index (χ3n) is 3.04. The lowest BCUT2D eigenvalue weighted by atomic mass is 9.97. The molecule has 0 bridgehead atoms. The Balaban J connectivity index is 2.41. The van der Waals surface area contributed by atoms with Crippen molar-refractivity contribution in [1.29, 1.82) is 0 Å². The molecule has 0 spiro atoms. The van der Waals surface area contributed by atoms with E-state index in [4.69, 9.17) is 4.74 Å². The number of benzene rings is 2. The second-order valence-electron chi connectivity index (χ2n) is 4.50. The number of carbonyl (C=O) groups is 1. The number of hydrogen-bond donors (Lipinski definition) is 0. The standard InChI is InChI=1S/C16H15BrO2/c1-10-4-6-13(11(2)8-10)16(18)12-5-7-15(19-3)14(17)9-12/h4-9H,1-3H3. The zero-order valence-corrected chi connectivity index (χ0v) is 12.7. The van der Waals surface area contributed by atoms with E-state index in [2.05, 4.69) is 15.9 Å². The van der Waals surface area contributed by atoms with E-state index < -0.39 is 0 Å². The molecule has 3 heteroatoms. The fraction of sp³-hybridized carbons (Fsp3) is 0.188. The Morgan fingerprint density at radius 3 is 2.42 bits per heavy atom. The minimum absolute atomic E-state index is 0.0286. The van der Waals surface area contributed by atoms with Crippen LogP contribution in [0.1, 0.15) is 27.0 Å².